The monoisotopic (exact) mass is 336 g/mol. The lowest BCUT2D eigenvalue weighted by atomic mass is 10.2. The van der Waals surface area contributed by atoms with Gasteiger partial charge in [-0.25, -0.2) is 4.39 Å². The van der Waals surface area contributed by atoms with Gasteiger partial charge in [0.2, 0.25) is 5.82 Å². The Morgan fingerprint density at radius 1 is 1.12 bits per heavy atom. The summed E-state index contributed by atoms with van der Waals surface area (Å²) in [5.74, 6) is 0.424. The number of nitrogen functional groups attached to an aromatic ring is 1. The van der Waals surface area contributed by atoms with E-state index in [0.29, 0.717) is 22.9 Å². The van der Waals surface area contributed by atoms with Gasteiger partial charge in [-0.15, -0.1) is 5.10 Å². The Morgan fingerprint density at radius 3 is 2.68 bits per heavy atom. The van der Waals surface area contributed by atoms with Crippen LogP contribution < -0.4 is 5.73 Å². The van der Waals surface area contributed by atoms with Crippen molar-refractivity contribution in [2.75, 3.05) is 5.73 Å². The van der Waals surface area contributed by atoms with E-state index in [9.17, 15) is 4.39 Å². The molecule has 0 bridgehead atoms. The molecule has 124 valence electrons. The lowest BCUT2D eigenvalue weighted by Gasteiger charge is -2.03. The molecule has 2 heterocycles. The van der Waals surface area contributed by atoms with Gasteiger partial charge in [0.1, 0.15) is 5.82 Å². The van der Waals surface area contributed by atoms with Crippen molar-refractivity contribution in [2.24, 2.45) is 0 Å². The molecule has 0 atom stereocenters. The number of hydrogen-bond acceptors (Lipinski definition) is 6. The first-order valence-electron chi connectivity index (χ1n) is 7.50. The molecule has 0 aliphatic rings. The van der Waals surface area contributed by atoms with Crippen molar-refractivity contribution in [3.05, 3.63) is 59.9 Å². The van der Waals surface area contributed by atoms with E-state index in [-0.39, 0.29) is 11.7 Å². The Balaban J connectivity index is 1.71. The number of hydrogen-bond donors (Lipinski definition) is 1. The van der Waals surface area contributed by atoms with Crippen LogP contribution in [0, 0.1) is 12.7 Å². The van der Waals surface area contributed by atoms with Crippen molar-refractivity contribution in [1.29, 1.82) is 0 Å². The second-order valence-corrected chi connectivity index (χ2v) is 5.50. The third-order valence-electron chi connectivity index (χ3n) is 3.68. The SMILES string of the molecule is Cc1cccc(-n2nnc(-c3nc(-c4ccc(F)cc4)no3)c2N)c1. The first kappa shape index (κ1) is 15.0. The molecule has 0 saturated carbocycles. The predicted molar refractivity (Wildman–Crippen MR) is 89.2 cm³/mol. The molecule has 2 aromatic carbocycles. The maximum absolute atomic E-state index is 13.0. The number of aromatic nitrogens is 5. The normalized spacial score (nSPS) is 11.0. The van der Waals surface area contributed by atoms with Gasteiger partial charge in [-0.2, -0.15) is 9.67 Å². The molecule has 2 aromatic heterocycles. The summed E-state index contributed by atoms with van der Waals surface area (Å²) in [5, 5.41) is 12.0. The van der Waals surface area contributed by atoms with E-state index >= 15 is 0 Å². The van der Waals surface area contributed by atoms with Crippen molar-refractivity contribution in [1.82, 2.24) is 25.1 Å². The highest BCUT2D eigenvalue weighted by molar-refractivity contribution is 5.66. The molecule has 4 rings (SSSR count). The largest absolute Gasteiger partial charge is 0.382 e. The fourth-order valence-electron chi connectivity index (χ4n) is 2.43. The molecule has 0 radical (unpaired) electrons. The van der Waals surface area contributed by atoms with Crippen LogP contribution in [0.2, 0.25) is 0 Å². The Morgan fingerprint density at radius 2 is 1.92 bits per heavy atom. The van der Waals surface area contributed by atoms with Crippen molar-refractivity contribution in [3.8, 4) is 28.7 Å². The lowest BCUT2D eigenvalue weighted by Crippen LogP contribution is -2.02. The standard InChI is InChI=1S/C17H13FN6O/c1-10-3-2-4-13(9-10)24-15(19)14(21-23-24)17-20-16(22-25-17)11-5-7-12(18)8-6-11/h2-9H,19H2,1H3. The maximum Gasteiger partial charge on any atom is 0.282 e. The molecule has 0 unspecified atom stereocenters. The Hall–Kier alpha value is -3.55. The van der Waals surface area contributed by atoms with E-state index in [4.69, 9.17) is 10.3 Å². The van der Waals surface area contributed by atoms with Crippen LogP contribution in [0.1, 0.15) is 5.56 Å². The number of halogens is 1. The third kappa shape index (κ3) is 2.74. The van der Waals surface area contributed by atoms with Gasteiger partial charge >= 0.3 is 0 Å². The number of rotatable bonds is 3. The molecule has 0 fully saturated rings. The summed E-state index contributed by atoms with van der Waals surface area (Å²) in [4.78, 5) is 4.27. The minimum Gasteiger partial charge on any atom is -0.382 e. The molecule has 0 aliphatic heterocycles. The Bertz CT molecular complexity index is 1040. The van der Waals surface area contributed by atoms with Gasteiger partial charge in [-0.3, -0.25) is 0 Å². The molecule has 0 spiro atoms. The first-order chi connectivity index (χ1) is 12.1. The van der Waals surface area contributed by atoms with Crippen LogP contribution in [-0.2, 0) is 0 Å². The molecule has 4 aromatic rings. The highest BCUT2D eigenvalue weighted by Crippen LogP contribution is 2.26. The summed E-state index contributed by atoms with van der Waals surface area (Å²) >= 11 is 0. The molecule has 25 heavy (non-hydrogen) atoms. The van der Waals surface area contributed by atoms with Gasteiger partial charge in [0, 0.05) is 5.56 Å². The quantitative estimate of drug-likeness (QED) is 0.618. The Labute approximate surface area is 141 Å². The average molecular weight is 336 g/mol. The minimum atomic E-state index is -0.335. The molecule has 0 aliphatic carbocycles. The van der Waals surface area contributed by atoms with Gasteiger partial charge in [0.25, 0.3) is 5.89 Å². The van der Waals surface area contributed by atoms with E-state index < -0.39 is 0 Å². The number of benzene rings is 2. The van der Waals surface area contributed by atoms with Crippen LogP contribution in [0.3, 0.4) is 0 Å². The fraction of sp³-hybridized carbons (Fsp3) is 0.0588. The van der Waals surface area contributed by atoms with E-state index in [0.717, 1.165) is 11.3 Å². The zero-order chi connectivity index (χ0) is 17.4. The highest BCUT2D eigenvalue weighted by atomic mass is 19.1. The van der Waals surface area contributed by atoms with Gasteiger partial charge in [-0.05, 0) is 48.9 Å². The average Bonchev–Trinajstić information content (AvgIpc) is 3.22. The topological polar surface area (TPSA) is 95.6 Å². The van der Waals surface area contributed by atoms with Crippen LogP contribution in [-0.4, -0.2) is 25.1 Å². The smallest absolute Gasteiger partial charge is 0.282 e. The van der Waals surface area contributed by atoms with E-state index in [2.05, 4.69) is 20.5 Å². The van der Waals surface area contributed by atoms with Crippen molar-refractivity contribution >= 4 is 5.82 Å². The minimum absolute atomic E-state index is 0.149. The Kier molecular flexibility index (Phi) is 3.50. The summed E-state index contributed by atoms with van der Waals surface area (Å²) in [6.07, 6.45) is 0. The summed E-state index contributed by atoms with van der Waals surface area (Å²) in [5.41, 5.74) is 8.93. The molecular weight excluding hydrogens is 323 g/mol. The summed E-state index contributed by atoms with van der Waals surface area (Å²) < 4.78 is 19.8. The lowest BCUT2D eigenvalue weighted by molar-refractivity contribution is 0.431. The summed E-state index contributed by atoms with van der Waals surface area (Å²) in [6, 6.07) is 13.5. The predicted octanol–water partition coefficient (Wildman–Crippen LogP) is 3.01. The van der Waals surface area contributed by atoms with E-state index in [1.54, 1.807) is 12.1 Å². The molecule has 2 N–H and O–H groups in total. The van der Waals surface area contributed by atoms with Crippen molar-refractivity contribution in [3.63, 3.8) is 0 Å². The number of nitrogens with zero attached hydrogens (tertiary/aromatic N) is 5. The van der Waals surface area contributed by atoms with Gasteiger partial charge in [0.05, 0.1) is 5.69 Å². The maximum atomic E-state index is 13.0. The fourth-order valence-corrected chi connectivity index (χ4v) is 2.43. The number of aryl methyl sites for hydroxylation is 1. The number of nitrogens with two attached hydrogens (primary N) is 1. The second kappa shape index (κ2) is 5.82. The van der Waals surface area contributed by atoms with Crippen LogP contribution in [0.15, 0.2) is 53.1 Å². The number of anilines is 1. The highest BCUT2D eigenvalue weighted by Gasteiger charge is 2.19. The van der Waals surface area contributed by atoms with Gasteiger partial charge in [0.15, 0.2) is 11.5 Å². The summed E-state index contributed by atoms with van der Waals surface area (Å²) in [6.45, 7) is 1.98. The third-order valence-corrected chi connectivity index (χ3v) is 3.68. The molecule has 8 heteroatoms. The van der Waals surface area contributed by atoms with Crippen LogP contribution >= 0.6 is 0 Å². The molecule has 7 nitrogen and oxygen atoms in total. The molecular formula is C17H13FN6O. The van der Waals surface area contributed by atoms with E-state index in [1.165, 1.54) is 16.8 Å². The van der Waals surface area contributed by atoms with Crippen molar-refractivity contribution in [2.45, 2.75) is 6.92 Å². The molecule has 0 saturated heterocycles. The van der Waals surface area contributed by atoms with Crippen LogP contribution in [0.25, 0.3) is 28.7 Å². The van der Waals surface area contributed by atoms with Crippen molar-refractivity contribution < 1.29 is 8.91 Å². The first-order valence-corrected chi connectivity index (χ1v) is 7.50. The van der Waals surface area contributed by atoms with E-state index in [1.807, 2.05) is 31.2 Å². The summed E-state index contributed by atoms with van der Waals surface area (Å²) in [7, 11) is 0. The zero-order valence-corrected chi connectivity index (χ0v) is 13.2. The van der Waals surface area contributed by atoms with Gasteiger partial charge in [-0.1, -0.05) is 22.5 Å². The van der Waals surface area contributed by atoms with Crippen LogP contribution in [0.4, 0.5) is 10.2 Å². The molecule has 0 amide bonds. The van der Waals surface area contributed by atoms with Crippen LogP contribution in [0.5, 0.6) is 0 Å². The second-order valence-electron chi connectivity index (χ2n) is 5.50. The van der Waals surface area contributed by atoms with Gasteiger partial charge < -0.3 is 10.3 Å². The zero-order valence-electron chi connectivity index (χ0n) is 13.2.